The van der Waals surface area contributed by atoms with E-state index in [2.05, 4.69) is 20.5 Å². The summed E-state index contributed by atoms with van der Waals surface area (Å²) < 4.78 is 28.4. The normalized spacial score (nSPS) is 12.9. The molecule has 4 aromatic rings. The van der Waals surface area contributed by atoms with Gasteiger partial charge in [-0.05, 0) is 68.7 Å². The summed E-state index contributed by atoms with van der Waals surface area (Å²) in [7, 11) is 3.63. The van der Waals surface area contributed by atoms with Gasteiger partial charge >= 0.3 is 0 Å². The highest BCUT2D eigenvalue weighted by molar-refractivity contribution is 6.01. The third-order valence-corrected chi connectivity index (χ3v) is 6.03. The Bertz CT molecular complexity index is 1310. The van der Waals surface area contributed by atoms with Gasteiger partial charge in [-0.2, -0.15) is 5.10 Å². The fourth-order valence-electron chi connectivity index (χ4n) is 4.13. The number of halogens is 2. The molecule has 36 heavy (non-hydrogen) atoms. The largest absolute Gasteiger partial charge is 0.395 e. The molecule has 0 fully saturated rings. The highest BCUT2D eigenvalue weighted by Gasteiger charge is 2.28. The molecule has 4 rings (SSSR count). The van der Waals surface area contributed by atoms with Crippen LogP contribution in [0.5, 0.6) is 0 Å². The van der Waals surface area contributed by atoms with Crippen LogP contribution >= 0.6 is 0 Å². The minimum Gasteiger partial charge on any atom is -0.395 e. The zero-order valence-electron chi connectivity index (χ0n) is 20.0. The van der Waals surface area contributed by atoms with Crippen LogP contribution in [-0.4, -0.2) is 63.9 Å². The van der Waals surface area contributed by atoms with Gasteiger partial charge in [0, 0.05) is 29.4 Å². The van der Waals surface area contributed by atoms with E-state index in [0.29, 0.717) is 23.4 Å². The zero-order chi connectivity index (χ0) is 25.7. The van der Waals surface area contributed by atoms with Crippen LogP contribution in [-0.2, 0) is 6.42 Å². The molecule has 9 heteroatoms. The molecule has 0 saturated carbocycles. The van der Waals surface area contributed by atoms with Crippen molar-refractivity contribution in [2.24, 2.45) is 0 Å². The number of benzene rings is 2. The van der Waals surface area contributed by atoms with Crippen LogP contribution in [0.2, 0.25) is 0 Å². The molecule has 7 nitrogen and oxygen atoms in total. The molecule has 0 aliphatic heterocycles. The number of aromatic amines is 1. The lowest BCUT2D eigenvalue weighted by Gasteiger charge is -2.31. The molecule has 2 aromatic heterocycles. The van der Waals surface area contributed by atoms with E-state index in [1.165, 1.54) is 30.3 Å². The summed E-state index contributed by atoms with van der Waals surface area (Å²) in [5, 5.41) is 20.0. The highest BCUT2D eigenvalue weighted by atomic mass is 19.1. The predicted octanol–water partition coefficient (Wildman–Crippen LogP) is 3.68. The summed E-state index contributed by atoms with van der Waals surface area (Å²) in [5.74, 6) is -1.46. The number of aliphatic hydroxyl groups excluding tert-OH is 1. The Kier molecular flexibility index (Phi) is 7.82. The van der Waals surface area contributed by atoms with Gasteiger partial charge in [-0.1, -0.05) is 12.1 Å². The van der Waals surface area contributed by atoms with Crippen LogP contribution in [0.1, 0.15) is 16.1 Å². The fraction of sp³-hybridized carbons (Fsp3) is 0.222. The molecule has 2 heterocycles. The van der Waals surface area contributed by atoms with Gasteiger partial charge in [0.1, 0.15) is 11.6 Å². The van der Waals surface area contributed by atoms with Crippen molar-refractivity contribution >= 4 is 5.91 Å². The van der Waals surface area contributed by atoms with Gasteiger partial charge in [-0.3, -0.25) is 14.9 Å². The van der Waals surface area contributed by atoms with Gasteiger partial charge in [0.05, 0.1) is 35.6 Å². The monoisotopic (exact) mass is 491 g/mol. The number of pyridine rings is 1. The minimum absolute atomic E-state index is 0.0675. The Hall–Kier alpha value is -3.95. The molecular weight excluding hydrogens is 464 g/mol. The topological polar surface area (TPSA) is 94.1 Å². The van der Waals surface area contributed by atoms with E-state index in [1.54, 1.807) is 30.5 Å². The van der Waals surface area contributed by atoms with Crippen molar-refractivity contribution in [3.63, 3.8) is 0 Å². The van der Waals surface area contributed by atoms with E-state index in [1.807, 2.05) is 31.1 Å². The summed E-state index contributed by atoms with van der Waals surface area (Å²) in [5.41, 5.74) is 2.38. The van der Waals surface area contributed by atoms with Gasteiger partial charge in [0.15, 0.2) is 0 Å². The fourth-order valence-corrected chi connectivity index (χ4v) is 4.13. The Balaban J connectivity index is 1.66. The van der Waals surface area contributed by atoms with E-state index in [-0.39, 0.29) is 23.6 Å². The first-order valence-electron chi connectivity index (χ1n) is 11.5. The number of carbonyl (C=O) groups excluding carboxylic acids is 1. The number of likely N-dealkylation sites (N-methyl/N-ethyl adjacent to an activating group) is 1. The van der Waals surface area contributed by atoms with Crippen LogP contribution in [0.15, 0.2) is 72.9 Å². The predicted molar refractivity (Wildman–Crippen MR) is 133 cm³/mol. The lowest BCUT2D eigenvalue weighted by atomic mass is 9.99. The Morgan fingerprint density at radius 3 is 2.53 bits per heavy atom. The van der Waals surface area contributed by atoms with E-state index in [0.717, 1.165) is 5.69 Å². The molecule has 0 saturated heterocycles. The van der Waals surface area contributed by atoms with Gasteiger partial charge in [0.25, 0.3) is 5.91 Å². The highest BCUT2D eigenvalue weighted by Crippen LogP contribution is 2.29. The first-order chi connectivity index (χ1) is 17.4. The second-order valence-corrected chi connectivity index (χ2v) is 8.65. The van der Waals surface area contributed by atoms with Crippen molar-refractivity contribution in [2.45, 2.75) is 18.5 Å². The summed E-state index contributed by atoms with van der Waals surface area (Å²) in [6, 6.07) is 16.3. The van der Waals surface area contributed by atoms with Crippen LogP contribution in [0.3, 0.4) is 0 Å². The number of nitrogens with one attached hydrogen (secondary N) is 2. The average Bonchev–Trinajstić information content (AvgIpc) is 3.35. The molecule has 0 spiro atoms. The number of aromatic nitrogens is 3. The summed E-state index contributed by atoms with van der Waals surface area (Å²) in [4.78, 5) is 19.6. The second kappa shape index (κ2) is 11.2. The van der Waals surface area contributed by atoms with Crippen molar-refractivity contribution in [1.29, 1.82) is 0 Å². The number of rotatable bonds is 9. The first-order valence-corrected chi connectivity index (χ1v) is 11.5. The molecule has 0 aliphatic carbocycles. The molecule has 0 radical (unpaired) electrons. The van der Waals surface area contributed by atoms with E-state index >= 15 is 4.39 Å². The molecule has 0 aliphatic rings. The quantitative estimate of drug-likeness (QED) is 0.332. The molecular formula is C27H27F2N5O2. The summed E-state index contributed by atoms with van der Waals surface area (Å²) in [6.45, 7) is -0.192. The van der Waals surface area contributed by atoms with Crippen LogP contribution in [0.25, 0.3) is 22.5 Å². The Morgan fingerprint density at radius 1 is 1.08 bits per heavy atom. The Labute approximate surface area is 207 Å². The SMILES string of the molecule is CN(C)C(CO)C(Cc1ccccn1)NC(=O)c1cccc(F)c1-c1cc(-c2ccc(F)cc2)n[nH]1. The average molecular weight is 492 g/mol. The van der Waals surface area contributed by atoms with Crippen LogP contribution in [0.4, 0.5) is 8.78 Å². The molecule has 0 bridgehead atoms. The summed E-state index contributed by atoms with van der Waals surface area (Å²) in [6.07, 6.45) is 2.04. The molecule has 2 atom stereocenters. The first kappa shape index (κ1) is 25.2. The molecule has 2 aromatic carbocycles. The van der Waals surface area contributed by atoms with E-state index < -0.39 is 23.8 Å². The van der Waals surface area contributed by atoms with Crippen molar-refractivity contribution in [3.05, 3.63) is 95.8 Å². The molecule has 3 N–H and O–H groups in total. The van der Waals surface area contributed by atoms with Crippen molar-refractivity contribution in [3.8, 4) is 22.5 Å². The number of hydrogen-bond acceptors (Lipinski definition) is 5. The number of aliphatic hydroxyl groups is 1. The maximum Gasteiger partial charge on any atom is 0.252 e. The standard InChI is InChI=1S/C27H27F2N5O2/c1-34(2)25(16-35)23(14-19-6-3-4-13-30-19)31-27(36)20-7-5-8-21(29)26(20)24-15-22(32-33-24)17-9-11-18(28)12-10-17/h3-13,15,23,25,35H,14,16H2,1-2H3,(H,31,36)(H,32,33). The number of nitrogens with zero attached hydrogens (tertiary/aromatic N) is 3. The van der Waals surface area contributed by atoms with Crippen molar-refractivity contribution in [2.75, 3.05) is 20.7 Å². The third kappa shape index (κ3) is 5.64. The molecule has 186 valence electrons. The second-order valence-electron chi connectivity index (χ2n) is 8.65. The maximum atomic E-state index is 15.1. The summed E-state index contributed by atoms with van der Waals surface area (Å²) >= 11 is 0. The van der Waals surface area contributed by atoms with Gasteiger partial charge < -0.3 is 15.3 Å². The van der Waals surface area contributed by atoms with Crippen molar-refractivity contribution < 1.29 is 18.7 Å². The van der Waals surface area contributed by atoms with Crippen LogP contribution in [0, 0.1) is 11.6 Å². The molecule has 2 unspecified atom stereocenters. The maximum absolute atomic E-state index is 15.1. The number of amides is 1. The van der Waals surface area contributed by atoms with Gasteiger partial charge in [-0.25, -0.2) is 8.78 Å². The van der Waals surface area contributed by atoms with Crippen LogP contribution < -0.4 is 5.32 Å². The number of H-pyrrole nitrogens is 1. The molecule has 1 amide bonds. The third-order valence-electron chi connectivity index (χ3n) is 6.03. The zero-order valence-corrected chi connectivity index (χ0v) is 20.0. The Morgan fingerprint density at radius 2 is 1.86 bits per heavy atom. The smallest absolute Gasteiger partial charge is 0.252 e. The van der Waals surface area contributed by atoms with Gasteiger partial charge in [0.2, 0.25) is 0 Å². The number of carbonyl (C=O) groups is 1. The van der Waals surface area contributed by atoms with Gasteiger partial charge in [-0.15, -0.1) is 0 Å². The van der Waals surface area contributed by atoms with E-state index in [9.17, 15) is 14.3 Å². The lowest BCUT2D eigenvalue weighted by molar-refractivity contribution is 0.0866. The number of hydrogen-bond donors (Lipinski definition) is 3. The lowest BCUT2D eigenvalue weighted by Crippen LogP contribution is -2.52. The minimum atomic E-state index is -0.593. The van der Waals surface area contributed by atoms with E-state index in [4.69, 9.17) is 0 Å². The van der Waals surface area contributed by atoms with Crippen molar-refractivity contribution in [1.82, 2.24) is 25.4 Å².